The molecule has 2 heterocycles. The van der Waals surface area contributed by atoms with Gasteiger partial charge in [0, 0.05) is 36.7 Å². The zero-order valence-corrected chi connectivity index (χ0v) is 15.8. The van der Waals surface area contributed by atoms with Crippen LogP contribution in [0.5, 0.6) is 0 Å². The second-order valence-electron chi connectivity index (χ2n) is 7.24. The maximum atomic E-state index is 12.9. The minimum Gasteiger partial charge on any atom is -0.368 e. The molecule has 1 aliphatic carbocycles. The highest BCUT2D eigenvalue weighted by Crippen LogP contribution is 2.30. The second-order valence-corrected chi connectivity index (χ2v) is 8.37. The van der Waals surface area contributed by atoms with Gasteiger partial charge in [0.2, 0.25) is 0 Å². The van der Waals surface area contributed by atoms with Crippen molar-refractivity contribution < 1.29 is 4.79 Å². The van der Waals surface area contributed by atoms with Crippen molar-refractivity contribution >= 4 is 22.9 Å². The van der Waals surface area contributed by atoms with Crippen molar-refractivity contribution in [1.82, 2.24) is 4.90 Å². The number of fused-ring (bicyclic) bond motifs is 1. The van der Waals surface area contributed by atoms with E-state index in [1.165, 1.54) is 41.0 Å². The van der Waals surface area contributed by atoms with E-state index in [1.54, 1.807) is 11.3 Å². The topological polar surface area (TPSA) is 23.6 Å². The van der Waals surface area contributed by atoms with Crippen LogP contribution in [0.3, 0.4) is 0 Å². The van der Waals surface area contributed by atoms with Gasteiger partial charge in [-0.2, -0.15) is 0 Å². The average molecular weight is 355 g/mol. The number of aryl methyl sites for hydroxylation is 3. The molecule has 1 aromatic heterocycles. The zero-order chi connectivity index (χ0) is 17.2. The van der Waals surface area contributed by atoms with E-state index in [2.05, 4.69) is 42.2 Å². The number of benzene rings is 1. The van der Waals surface area contributed by atoms with Crippen LogP contribution in [-0.2, 0) is 12.8 Å². The van der Waals surface area contributed by atoms with Gasteiger partial charge in [-0.1, -0.05) is 18.6 Å². The number of piperazine rings is 1. The molecule has 132 valence electrons. The Kier molecular flexibility index (Phi) is 4.80. The van der Waals surface area contributed by atoms with E-state index in [-0.39, 0.29) is 5.91 Å². The third-order valence-electron chi connectivity index (χ3n) is 5.39. The van der Waals surface area contributed by atoms with Crippen LogP contribution in [0.2, 0.25) is 0 Å². The van der Waals surface area contributed by atoms with Crippen molar-refractivity contribution in [2.45, 2.75) is 39.0 Å². The molecule has 1 saturated heterocycles. The molecule has 1 amide bonds. The fraction of sp³-hybridized carbons (Fsp3) is 0.476. The molecule has 0 radical (unpaired) electrons. The maximum absolute atomic E-state index is 12.9. The Balaban J connectivity index is 1.41. The van der Waals surface area contributed by atoms with Gasteiger partial charge in [-0.3, -0.25) is 4.79 Å². The fourth-order valence-corrected chi connectivity index (χ4v) is 5.14. The summed E-state index contributed by atoms with van der Waals surface area (Å²) in [5.41, 5.74) is 4.00. The van der Waals surface area contributed by atoms with E-state index >= 15 is 0 Å². The summed E-state index contributed by atoms with van der Waals surface area (Å²) >= 11 is 1.74. The van der Waals surface area contributed by atoms with Crippen molar-refractivity contribution in [1.29, 1.82) is 0 Å². The summed E-state index contributed by atoms with van der Waals surface area (Å²) < 4.78 is 0. The van der Waals surface area contributed by atoms with Crippen molar-refractivity contribution in [2.24, 2.45) is 0 Å². The van der Waals surface area contributed by atoms with Crippen LogP contribution >= 0.6 is 11.3 Å². The SMILES string of the molecule is Cc1cccc(N2CCN(C(=O)c3cc4c(s3)CCCCC4)CC2)c1. The summed E-state index contributed by atoms with van der Waals surface area (Å²) in [4.78, 5) is 19.8. The van der Waals surface area contributed by atoms with E-state index in [4.69, 9.17) is 0 Å². The molecule has 2 aromatic rings. The van der Waals surface area contributed by atoms with Gasteiger partial charge < -0.3 is 9.80 Å². The number of hydrogen-bond donors (Lipinski definition) is 0. The summed E-state index contributed by atoms with van der Waals surface area (Å²) in [5, 5.41) is 0. The van der Waals surface area contributed by atoms with E-state index in [1.807, 2.05) is 4.90 Å². The first-order valence-corrected chi connectivity index (χ1v) is 10.2. The van der Waals surface area contributed by atoms with Gasteiger partial charge in [-0.15, -0.1) is 11.3 Å². The molecule has 0 saturated carbocycles. The summed E-state index contributed by atoms with van der Waals surface area (Å²) in [5.74, 6) is 0.238. The summed E-state index contributed by atoms with van der Waals surface area (Å²) in [6.07, 6.45) is 6.18. The number of thiophene rings is 1. The minimum absolute atomic E-state index is 0.238. The van der Waals surface area contributed by atoms with Gasteiger partial charge in [0.05, 0.1) is 4.88 Å². The standard InChI is InChI=1S/C21H26N2OS/c1-16-6-5-8-18(14-16)22-10-12-23(13-11-22)21(24)20-15-17-7-3-2-4-9-19(17)25-20/h5-6,8,14-15H,2-4,7,9-13H2,1H3. The number of carbonyl (C=O) groups is 1. The number of amides is 1. The summed E-state index contributed by atoms with van der Waals surface area (Å²) in [7, 11) is 0. The smallest absolute Gasteiger partial charge is 0.264 e. The Bertz CT molecular complexity index is 736. The third-order valence-corrected chi connectivity index (χ3v) is 6.62. The first kappa shape index (κ1) is 16.6. The zero-order valence-electron chi connectivity index (χ0n) is 15.0. The predicted molar refractivity (Wildman–Crippen MR) is 105 cm³/mol. The lowest BCUT2D eigenvalue weighted by molar-refractivity contribution is 0.0751. The van der Waals surface area contributed by atoms with Gasteiger partial charge in [0.1, 0.15) is 0 Å². The number of rotatable bonds is 2. The quantitative estimate of drug-likeness (QED) is 0.751. The molecule has 1 aromatic carbocycles. The van der Waals surface area contributed by atoms with Crippen LogP contribution in [0, 0.1) is 6.92 Å². The van der Waals surface area contributed by atoms with Crippen molar-refractivity contribution in [2.75, 3.05) is 31.1 Å². The Morgan fingerprint density at radius 1 is 1.00 bits per heavy atom. The highest BCUT2D eigenvalue weighted by molar-refractivity contribution is 7.14. The molecule has 4 rings (SSSR count). The van der Waals surface area contributed by atoms with E-state index < -0.39 is 0 Å². The summed E-state index contributed by atoms with van der Waals surface area (Å²) in [6.45, 7) is 5.59. The molecule has 0 bridgehead atoms. The molecule has 1 aliphatic heterocycles. The largest absolute Gasteiger partial charge is 0.368 e. The molecule has 4 heteroatoms. The number of carbonyl (C=O) groups excluding carboxylic acids is 1. The minimum atomic E-state index is 0.238. The van der Waals surface area contributed by atoms with Gasteiger partial charge >= 0.3 is 0 Å². The average Bonchev–Trinajstić information content (AvgIpc) is 2.92. The van der Waals surface area contributed by atoms with Crippen LogP contribution in [0.1, 0.15) is 44.9 Å². The first-order chi connectivity index (χ1) is 12.2. The van der Waals surface area contributed by atoms with Crippen molar-refractivity contribution in [3.05, 3.63) is 51.2 Å². The van der Waals surface area contributed by atoms with Crippen LogP contribution in [0.15, 0.2) is 30.3 Å². The number of anilines is 1. The second kappa shape index (κ2) is 7.20. The van der Waals surface area contributed by atoms with Crippen LogP contribution in [0.4, 0.5) is 5.69 Å². The fourth-order valence-electron chi connectivity index (χ4n) is 3.92. The van der Waals surface area contributed by atoms with Crippen LogP contribution < -0.4 is 4.90 Å². The first-order valence-electron chi connectivity index (χ1n) is 9.43. The number of hydrogen-bond acceptors (Lipinski definition) is 3. The third kappa shape index (κ3) is 3.59. The Hall–Kier alpha value is -1.81. The van der Waals surface area contributed by atoms with Gasteiger partial charge in [0.15, 0.2) is 0 Å². The van der Waals surface area contributed by atoms with Gasteiger partial charge in [-0.25, -0.2) is 0 Å². The summed E-state index contributed by atoms with van der Waals surface area (Å²) in [6, 6.07) is 10.8. The highest BCUT2D eigenvalue weighted by Gasteiger charge is 2.25. The van der Waals surface area contributed by atoms with Crippen molar-refractivity contribution in [3.8, 4) is 0 Å². The van der Waals surface area contributed by atoms with E-state index in [9.17, 15) is 4.79 Å². The molecule has 3 nitrogen and oxygen atoms in total. The van der Waals surface area contributed by atoms with Crippen molar-refractivity contribution in [3.63, 3.8) is 0 Å². The molecule has 0 unspecified atom stereocenters. The molecule has 2 aliphatic rings. The molecular formula is C21H26N2OS. The lowest BCUT2D eigenvalue weighted by Gasteiger charge is -2.36. The van der Waals surface area contributed by atoms with E-state index in [0.29, 0.717) is 0 Å². The lowest BCUT2D eigenvalue weighted by atomic mass is 10.1. The van der Waals surface area contributed by atoms with Crippen LogP contribution in [0.25, 0.3) is 0 Å². The molecule has 0 spiro atoms. The molecule has 0 N–H and O–H groups in total. The molecule has 0 atom stereocenters. The Labute approximate surface area is 154 Å². The maximum Gasteiger partial charge on any atom is 0.264 e. The lowest BCUT2D eigenvalue weighted by Crippen LogP contribution is -2.48. The normalized spacial score (nSPS) is 18.0. The molecular weight excluding hydrogens is 328 g/mol. The van der Waals surface area contributed by atoms with E-state index in [0.717, 1.165) is 43.9 Å². The molecule has 1 fully saturated rings. The Morgan fingerprint density at radius 2 is 1.80 bits per heavy atom. The van der Waals surface area contributed by atoms with Gasteiger partial charge in [-0.05, 0) is 61.9 Å². The van der Waals surface area contributed by atoms with Gasteiger partial charge in [0.25, 0.3) is 5.91 Å². The predicted octanol–water partition coefficient (Wildman–Crippen LogP) is 4.29. The van der Waals surface area contributed by atoms with Crippen LogP contribution in [-0.4, -0.2) is 37.0 Å². The number of nitrogens with zero attached hydrogens (tertiary/aromatic N) is 2. The monoisotopic (exact) mass is 354 g/mol. The Morgan fingerprint density at radius 3 is 2.60 bits per heavy atom. The molecule has 25 heavy (non-hydrogen) atoms. The highest BCUT2D eigenvalue weighted by atomic mass is 32.1.